The first kappa shape index (κ1) is 27.9. The van der Waals surface area contributed by atoms with E-state index in [1.165, 1.54) is 24.5 Å². The summed E-state index contributed by atoms with van der Waals surface area (Å²) in [5.41, 5.74) is 2.95. The Hall–Kier alpha value is -4.27. The maximum absolute atomic E-state index is 14.5. The summed E-state index contributed by atoms with van der Waals surface area (Å²) in [5, 5.41) is 5.66. The molecule has 9 heteroatoms. The van der Waals surface area contributed by atoms with Crippen LogP contribution < -0.4 is 21.1 Å². The predicted molar refractivity (Wildman–Crippen MR) is 158 cm³/mol. The monoisotopic (exact) mass is 572 g/mol. The van der Waals surface area contributed by atoms with Gasteiger partial charge in [-0.1, -0.05) is 23.8 Å². The lowest BCUT2D eigenvalue weighted by Gasteiger charge is -2.44. The quantitative estimate of drug-likeness (QED) is 0.360. The van der Waals surface area contributed by atoms with E-state index in [9.17, 15) is 23.2 Å². The summed E-state index contributed by atoms with van der Waals surface area (Å²) in [5.74, 6) is -2.82. The summed E-state index contributed by atoms with van der Waals surface area (Å²) >= 11 is 0. The lowest BCUT2D eigenvalue weighted by molar-refractivity contribution is 0.0952. The van der Waals surface area contributed by atoms with E-state index in [1.807, 2.05) is 10.6 Å². The fourth-order valence-corrected chi connectivity index (χ4v) is 6.62. The van der Waals surface area contributed by atoms with Crippen molar-refractivity contribution in [1.82, 2.24) is 9.88 Å². The SMILES string of the molecule is O=C(NCCC1=CCCCC1)c1ccc(N2C[C@H]3C[C@@H](C2)c2cccc(=O)n2C3)c(NC(=O)c2c(F)cccc2F)c1. The van der Waals surface area contributed by atoms with E-state index >= 15 is 0 Å². The number of halogens is 2. The lowest BCUT2D eigenvalue weighted by Crippen LogP contribution is -2.47. The van der Waals surface area contributed by atoms with Gasteiger partial charge in [0.15, 0.2) is 0 Å². The molecule has 218 valence electrons. The molecule has 1 aromatic heterocycles. The van der Waals surface area contributed by atoms with Crippen molar-refractivity contribution >= 4 is 23.2 Å². The van der Waals surface area contributed by atoms with Crippen LogP contribution in [0, 0.1) is 17.6 Å². The van der Waals surface area contributed by atoms with E-state index in [0.29, 0.717) is 43.1 Å². The fourth-order valence-electron chi connectivity index (χ4n) is 6.62. The summed E-state index contributed by atoms with van der Waals surface area (Å²) in [4.78, 5) is 40.9. The second-order valence-corrected chi connectivity index (χ2v) is 11.5. The van der Waals surface area contributed by atoms with Crippen molar-refractivity contribution in [1.29, 1.82) is 0 Å². The van der Waals surface area contributed by atoms with E-state index in [4.69, 9.17) is 0 Å². The van der Waals surface area contributed by atoms with Gasteiger partial charge in [0.1, 0.15) is 17.2 Å². The molecule has 0 unspecified atom stereocenters. The number of benzene rings is 2. The molecule has 2 N–H and O–H groups in total. The molecule has 0 saturated carbocycles. The topological polar surface area (TPSA) is 83.4 Å². The predicted octanol–water partition coefficient (Wildman–Crippen LogP) is 5.62. The Bertz CT molecular complexity index is 1590. The van der Waals surface area contributed by atoms with E-state index < -0.39 is 23.1 Å². The average Bonchev–Trinajstić information content (AvgIpc) is 2.98. The van der Waals surface area contributed by atoms with Crippen LogP contribution in [0.1, 0.15) is 70.9 Å². The molecule has 0 radical (unpaired) electrons. The van der Waals surface area contributed by atoms with Gasteiger partial charge < -0.3 is 20.1 Å². The number of carbonyl (C=O) groups is 2. The molecule has 3 aliphatic rings. The zero-order valence-corrected chi connectivity index (χ0v) is 23.4. The summed E-state index contributed by atoms with van der Waals surface area (Å²) in [6, 6.07) is 13.7. The Labute approximate surface area is 243 Å². The van der Waals surface area contributed by atoms with Crippen molar-refractivity contribution in [3.05, 3.63) is 105 Å². The Morgan fingerprint density at radius 3 is 2.52 bits per heavy atom. The first-order valence-electron chi connectivity index (χ1n) is 14.7. The molecule has 1 fully saturated rings. The summed E-state index contributed by atoms with van der Waals surface area (Å²) in [6.07, 6.45) is 8.51. The van der Waals surface area contributed by atoms with Crippen LogP contribution in [0.5, 0.6) is 0 Å². The number of hydrogen-bond acceptors (Lipinski definition) is 4. The molecule has 1 saturated heterocycles. The molecule has 6 rings (SSSR count). The molecule has 2 aromatic carbocycles. The number of nitrogens with zero attached hydrogens (tertiary/aromatic N) is 2. The first-order valence-corrected chi connectivity index (χ1v) is 14.7. The van der Waals surface area contributed by atoms with Crippen molar-refractivity contribution < 1.29 is 18.4 Å². The maximum Gasteiger partial charge on any atom is 0.261 e. The first-order chi connectivity index (χ1) is 20.4. The molecule has 3 heterocycles. The minimum atomic E-state index is -0.963. The van der Waals surface area contributed by atoms with Crippen LogP contribution in [-0.2, 0) is 6.54 Å². The van der Waals surface area contributed by atoms with Gasteiger partial charge in [0.05, 0.1) is 11.4 Å². The number of hydrogen-bond donors (Lipinski definition) is 2. The van der Waals surface area contributed by atoms with Crippen LogP contribution in [0.15, 0.2) is 71.0 Å². The Balaban J connectivity index is 1.28. The molecule has 2 aliphatic heterocycles. The number of nitrogens with one attached hydrogen (secondary N) is 2. The van der Waals surface area contributed by atoms with Gasteiger partial charge in [-0.15, -0.1) is 0 Å². The number of piperidine rings is 1. The van der Waals surface area contributed by atoms with Gasteiger partial charge in [-0.3, -0.25) is 14.4 Å². The molecule has 3 aromatic rings. The van der Waals surface area contributed by atoms with E-state index in [-0.39, 0.29) is 23.3 Å². The summed E-state index contributed by atoms with van der Waals surface area (Å²) in [7, 11) is 0. The Morgan fingerprint density at radius 2 is 1.74 bits per heavy atom. The van der Waals surface area contributed by atoms with Crippen molar-refractivity contribution in [3.8, 4) is 0 Å². The highest BCUT2D eigenvalue weighted by atomic mass is 19.1. The third-order valence-corrected chi connectivity index (χ3v) is 8.63. The highest BCUT2D eigenvalue weighted by Crippen LogP contribution is 2.39. The van der Waals surface area contributed by atoms with Crippen molar-refractivity contribution in [2.75, 3.05) is 29.9 Å². The van der Waals surface area contributed by atoms with Gasteiger partial charge in [0.2, 0.25) is 0 Å². The van der Waals surface area contributed by atoms with Gasteiger partial charge >= 0.3 is 0 Å². The molecule has 42 heavy (non-hydrogen) atoms. The van der Waals surface area contributed by atoms with Crippen molar-refractivity contribution in [2.24, 2.45) is 5.92 Å². The zero-order valence-electron chi connectivity index (χ0n) is 23.4. The standard InChI is InChI=1S/C33H34F2N4O3/c34-25-8-4-9-26(35)31(25)33(42)37-27-17-23(32(41)36-15-14-21-6-2-1-3-7-21)12-13-29(27)38-18-22-16-24(20-38)28-10-5-11-30(40)39(28)19-22/h4-6,8-13,17,22,24H,1-3,7,14-16,18-20H2,(H,36,41)(H,37,42)/t22-,24+/m1/s1. The minimum absolute atomic E-state index is 0.00865. The minimum Gasteiger partial charge on any atom is -0.369 e. The number of anilines is 2. The number of pyridine rings is 1. The van der Waals surface area contributed by atoms with Crippen LogP contribution >= 0.6 is 0 Å². The molecular weight excluding hydrogens is 538 g/mol. The highest BCUT2D eigenvalue weighted by Gasteiger charge is 2.35. The molecule has 2 bridgehead atoms. The number of rotatable bonds is 7. The van der Waals surface area contributed by atoms with Gasteiger partial charge in [-0.05, 0) is 80.8 Å². The van der Waals surface area contributed by atoms with Crippen LogP contribution in [0.25, 0.3) is 0 Å². The largest absolute Gasteiger partial charge is 0.369 e. The van der Waals surface area contributed by atoms with Crippen LogP contribution in [-0.4, -0.2) is 36.0 Å². The van der Waals surface area contributed by atoms with Crippen LogP contribution in [0.4, 0.5) is 20.2 Å². The van der Waals surface area contributed by atoms with E-state index in [1.54, 1.807) is 30.3 Å². The molecular formula is C33H34F2N4O3. The second kappa shape index (κ2) is 11.9. The molecule has 1 aliphatic carbocycles. The van der Waals surface area contributed by atoms with Crippen LogP contribution in [0.2, 0.25) is 0 Å². The molecule has 2 atom stereocenters. The molecule has 7 nitrogen and oxygen atoms in total. The van der Waals surface area contributed by atoms with Crippen molar-refractivity contribution in [2.45, 2.75) is 51.0 Å². The number of aromatic nitrogens is 1. The normalized spacial score (nSPS) is 19.5. The highest BCUT2D eigenvalue weighted by molar-refractivity contribution is 6.07. The maximum atomic E-state index is 14.5. The number of fused-ring (bicyclic) bond motifs is 4. The summed E-state index contributed by atoms with van der Waals surface area (Å²) < 4.78 is 30.8. The second-order valence-electron chi connectivity index (χ2n) is 11.5. The fraction of sp³-hybridized carbons (Fsp3) is 0.364. The van der Waals surface area contributed by atoms with Gasteiger partial charge in [-0.25, -0.2) is 8.78 Å². The smallest absolute Gasteiger partial charge is 0.261 e. The molecule has 0 spiro atoms. The number of allylic oxidation sites excluding steroid dienone is 1. The average molecular weight is 573 g/mol. The van der Waals surface area contributed by atoms with Gasteiger partial charge in [-0.2, -0.15) is 0 Å². The zero-order chi connectivity index (χ0) is 29.2. The van der Waals surface area contributed by atoms with Crippen molar-refractivity contribution in [3.63, 3.8) is 0 Å². The third kappa shape index (κ3) is 5.73. The third-order valence-electron chi connectivity index (χ3n) is 8.63. The van der Waals surface area contributed by atoms with Gasteiger partial charge in [0.25, 0.3) is 17.4 Å². The van der Waals surface area contributed by atoms with E-state index in [0.717, 1.165) is 43.5 Å². The Morgan fingerprint density at radius 1 is 0.929 bits per heavy atom. The lowest BCUT2D eigenvalue weighted by atomic mass is 9.83. The van der Waals surface area contributed by atoms with Gasteiger partial charge in [0, 0.05) is 49.4 Å². The molecule has 2 amide bonds. The van der Waals surface area contributed by atoms with E-state index in [2.05, 4.69) is 21.6 Å². The summed E-state index contributed by atoms with van der Waals surface area (Å²) in [6.45, 7) is 2.33. The Kier molecular flexibility index (Phi) is 7.91. The van der Waals surface area contributed by atoms with Crippen LogP contribution in [0.3, 0.4) is 0 Å². The number of carbonyl (C=O) groups excluding carboxylic acids is 2. The number of amides is 2.